The average Bonchev–Trinajstić information content (AvgIpc) is 2.43. The number of aromatic hydroxyl groups is 2. The Morgan fingerprint density at radius 2 is 1.86 bits per heavy atom. The summed E-state index contributed by atoms with van der Waals surface area (Å²) in [5.74, 6) is -0.679. The number of phenols is 2. The smallest absolute Gasteiger partial charge is 0.342 e. The summed E-state index contributed by atoms with van der Waals surface area (Å²) < 4.78 is 4.96. The summed E-state index contributed by atoms with van der Waals surface area (Å²) in [4.78, 5) is 25.7. The van der Waals surface area contributed by atoms with Crippen molar-refractivity contribution in [2.45, 2.75) is 20.3 Å². The second-order valence-electron chi connectivity index (χ2n) is 6.02. The number of ether oxygens (including phenoxy) is 1. The van der Waals surface area contributed by atoms with Crippen LogP contribution >= 0.6 is 0 Å². The molecule has 1 amide bonds. The number of likely N-dealkylation sites (tertiary alicyclic amines) is 1. The molecule has 0 bridgehead atoms. The Balaban J connectivity index is 1.91. The first-order valence-electron chi connectivity index (χ1n) is 7.33. The molecule has 1 aliphatic heterocycles. The van der Waals surface area contributed by atoms with Crippen molar-refractivity contribution in [3.8, 4) is 11.5 Å². The van der Waals surface area contributed by atoms with Crippen molar-refractivity contribution in [1.29, 1.82) is 0 Å². The van der Waals surface area contributed by atoms with E-state index in [1.165, 1.54) is 12.1 Å². The molecule has 0 saturated carbocycles. The van der Waals surface area contributed by atoms with Crippen LogP contribution in [-0.4, -0.2) is 46.7 Å². The Hall–Kier alpha value is -2.24. The highest BCUT2D eigenvalue weighted by Crippen LogP contribution is 2.24. The summed E-state index contributed by atoms with van der Waals surface area (Å²) in [6, 6.07) is 3.57. The molecule has 6 heteroatoms. The maximum atomic E-state index is 12.1. The number of rotatable bonds is 3. The molecule has 2 atom stereocenters. The first-order chi connectivity index (χ1) is 10.4. The number of esters is 1. The molecule has 120 valence electrons. The van der Waals surface area contributed by atoms with Crippen LogP contribution in [-0.2, 0) is 9.53 Å². The number of hydrogen-bond acceptors (Lipinski definition) is 5. The van der Waals surface area contributed by atoms with Crippen molar-refractivity contribution >= 4 is 11.9 Å². The van der Waals surface area contributed by atoms with E-state index in [0.29, 0.717) is 24.9 Å². The molecular formula is C16H21NO5. The highest BCUT2D eigenvalue weighted by atomic mass is 16.5. The number of carbonyl (C=O) groups excluding carboxylic acids is 2. The molecular weight excluding hydrogens is 286 g/mol. The Kier molecular flexibility index (Phi) is 4.90. The number of amides is 1. The topological polar surface area (TPSA) is 87.1 Å². The van der Waals surface area contributed by atoms with E-state index in [-0.39, 0.29) is 29.6 Å². The van der Waals surface area contributed by atoms with Gasteiger partial charge in [-0.3, -0.25) is 4.79 Å². The van der Waals surface area contributed by atoms with Gasteiger partial charge in [-0.25, -0.2) is 4.79 Å². The van der Waals surface area contributed by atoms with Crippen LogP contribution in [0.25, 0.3) is 0 Å². The molecule has 1 saturated heterocycles. The number of benzene rings is 1. The number of hydrogen-bond donors (Lipinski definition) is 2. The molecule has 1 aromatic rings. The van der Waals surface area contributed by atoms with Gasteiger partial charge in [-0.05, 0) is 30.4 Å². The monoisotopic (exact) mass is 307 g/mol. The standard InChI is InChI=1S/C16H21NO5/c1-10-5-11(2)8-17(7-10)15(20)9-22-16(21)13-4-3-12(18)6-14(13)19/h3-4,6,10-11,18-19H,5,7-9H2,1-2H3/t10-,11+. The van der Waals surface area contributed by atoms with Gasteiger partial charge in [0.25, 0.3) is 5.91 Å². The first-order valence-corrected chi connectivity index (χ1v) is 7.33. The van der Waals surface area contributed by atoms with E-state index < -0.39 is 5.97 Å². The molecule has 0 spiro atoms. The number of phenolic OH excluding ortho intramolecular Hbond substituents is 2. The van der Waals surface area contributed by atoms with Crippen LogP contribution in [0.5, 0.6) is 11.5 Å². The third kappa shape index (κ3) is 3.90. The first kappa shape index (κ1) is 16.1. The highest BCUT2D eigenvalue weighted by Gasteiger charge is 2.26. The third-order valence-corrected chi connectivity index (χ3v) is 3.75. The molecule has 2 N–H and O–H groups in total. The van der Waals surface area contributed by atoms with Crippen LogP contribution in [0.15, 0.2) is 18.2 Å². The fourth-order valence-electron chi connectivity index (χ4n) is 2.86. The van der Waals surface area contributed by atoms with Gasteiger partial charge in [0.1, 0.15) is 17.1 Å². The van der Waals surface area contributed by atoms with Gasteiger partial charge in [-0.15, -0.1) is 0 Å². The maximum absolute atomic E-state index is 12.1. The Morgan fingerprint density at radius 3 is 2.45 bits per heavy atom. The lowest BCUT2D eigenvalue weighted by molar-refractivity contribution is -0.137. The van der Waals surface area contributed by atoms with Crippen LogP contribution < -0.4 is 0 Å². The predicted octanol–water partition coefficient (Wildman–Crippen LogP) is 1.76. The third-order valence-electron chi connectivity index (χ3n) is 3.75. The van der Waals surface area contributed by atoms with E-state index in [1.54, 1.807) is 4.90 Å². The lowest BCUT2D eigenvalue weighted by Gasteiger charge is -2.34. The zero-order valence-corrected chi connectivity index (χ0v) is 12.8. The molecule has 0 unspecified atom stereocenters. The van der Waals surface area contributed by atoms with Crippen molar-refractivity contribution in [1.82, 2.24) is 4.90 Å². The molecule has 1 aliphatic rings. The zero-order chi connectivity index (χ0) is 16.3. The molecule has 2 rings (SSSR count). The van der Waals surface area contributed by atoms with E-state index in [2.05, 4.69) is 13.8 Å². The summed E-state index contributed by atoms with van der Waals surface area (Å²) in [5, 5.41) is 18.8. The van der Waals surface area contributed by atoms with Gasteiger partial charge in [0.2, 0.25) is 0 Å². The maximum Gasteiger partial charge on any atom is 0.342 e. The van der Waals surface area contributed by atoms with E-state index in [0.717, 1.165) is 12.5 Å². The van der Waals surface area contributed by atoms with Gasteiger partial charge in [-0.2, -0.15) is 0 Å². The highest BCUT2D eigenvalue weighted by molar-refractivity contribution is 5.94. The summed E-state index contributed by atoms with van der Waals surface area (Å²) in [7, 11) is 0. The van der Waals surface area contributed by atoms with Crippen molar-refractivity contribution in [3.63, 3.8) is 0 Å². The fraction of sp³-hybridized carbons (Fsp3) is 0.500. The number of carbonyl (C=O) groups is 2. The Bertz CT molecular complexity index is 562. The molecule has 1 aromatic carbocycles. The predicted molar refractivity (Wildman–Crippen MR) is 79.6 cm³/mol. The van der Waals surface area contributed by atoms with Crippen molar-refractivity contribution in [2.75, 3.05) is 19.7 Å². The van der Waals surface area contributed by atoms with Crippen LogP contribution in [0.2, 0.25) is 0 Å². The van der Waals surface area contributed by atoms with Crippen LogP contribution in [0.4, 0.5) is 0 Å². The molecule has 1 heterocycles. The van der Waals surface area contributed by atoms with Crippen molar-refractivity contribution < 1.29 is 24.5 Å². The van der Waals surface area contributed by atoms with Gasteiger partial charge in [0.15, 0.2) is 6.61 Å². The number of nitrogens with zero attached hydrogens (tertiary/aromatic N) is 1. The van der Waals surface area contributed by atoms with E-state index in [9.17, 15) is 19.8 Å². The van der Waals surface area contributed by atoms with Gasteiger partial charge < -0.3 is 19.8 Å². The summed E-state index contributed by atoms with van der Waals surface area (Å²) in [6.45, 7) is 5.18. The lowest BCUT2D eigenvalue weighted by Crippen LogP contribution is -2.44. The second-order valence-corrected chi connectivity index (χ2v) is 6.02. The summed E-state index contributed by atoms with van der Waals surface area (Å²) in [5.41, 5.74) is -0.0778. The summed E-state index contributed by atoms with van der Waals surface area (Å²) >= 11 is 0. The van der Waals surface area contributed by atoms with E-state index >= 15 is 0 Å². The normalized spacial score (nSPS) is 21.5. The minimum atomic E-state index is -0.788. The molecule has 6 nitrogen and oxygen atoms in total. The largest absolute Gasteiger partial charge is 0.508 e. The average molecular weight is 307 g/mol. The van der Waals surface area contributed by atoms with E-state index in [1.807, 2.05) is 0 Å². The fourth-order valence-corrected chi connectivity index (χ4v) is 2.86. The SMILES string of the molecule is C[C@@H]1C[C@H](C)CN(C(=O)COC(=O)c2ccc(O)cc2O)C1. The van der Waals surface area contributed by atoms with Gasteiger partial charge >= 0.3 is 5.97 Å². The van der Waals surface area contributed by atoms with Gasteiger partial charge in [-0.1, -0.05) is 13.8 Å². The zero-order valence-electron chi connectivity index (χ0n) is 12.8. The molecule has 1 fully saturated rings. The quantitative estimate of drug-likeness (QED) is 0.831. The minimum Gasteiger partial charge on any atom is -0.508 e. The van der Waals surface area contributed by atoms with E-state index in [4.69, 9.17) is 4.74 Å². The van der Waals surface area contributed by atoms with Crippen molar-refractivity contribution in [3.05, 3.63) is 23.8 Å². The van der Waals surface area contributed by atoms with Gasteiger partial charge in [0.05, 0.1) is 0 Å². The molecule has 0 aliphatic carbocycles. The minimum absolute atomic E-state index is 0.0778. The number of piperidine rings is 1. The lowest BCUT2D eigenvalue weighted by atomic mass is 9.92. The Labute approximate surface area is 129 Å². The molecule has 0 aromatic heterocycles. The van der Waals surface area contributed by atoms with Crippen molar-refractivity contribution in [2.24, 2.45) is 11.8 Å². The summed E-state index contributed by atoms with van der Waals surface area (Å²) in [6.07, 6.45) is 1.09. The van der Waals surface area contributed by atoms with Crippen LogP contribution in [0.1, 0.15) is 30.6 Å². The van der Waals surface area contributed by atoms with Crippen LogP contribution in [0.3, 0.4) is 0 Å². The Morgan fingerprint density at radius 1 is 1.23 bits per heavy atom. The molecule has 22 heavy (non-hydrogen) atoms. The van der Waals surface area contributed by atoms with Gasteiger partial charge in [0, 0.05) is 19.2 Å². The molecule has 0 radical (unpaired) electrons. The second kappa shape index (κ2) is 6.68. The van der Waals surface area contributed by atoms with Crippen LogP contribution in [0, 0.1) is 11.8 Å².